The Hall–Kier alpha value is -1.96. The molecular formula is C12H12F3N5. The summed E-state index contributed by atoms with van der Waals surface area (Å²) >= 11 is 0. The molecule has 0 spiro atoms. The quantitative estimate of drug-likeness (QED) is 0.842. The molecule has 3 heterocycles. The largest absolute Gasteiger partial charge is 0.433 e. The molecule has 0 N–H and O–H groups in total. The van der Waals surface area contributed by atoms with Crippen LogP contribution in [-0.4, -0.2) is 24.6 Å². The van der Waals surface area contributed by atoms with Gasteiger partial charge in [-0.05, 0) is 0 Å². The highest BCUT2D eigenvalue weighted by molar-refractivity contribution is 5.24. The Morgan fingerprint density at radius 3 is 2.75 bits per heavy atom. The van der Waals surface area contributed by atoms with Gasteiger partial charge in [0.2, 0.25) is 0 Å². The number of aromatic nitrogens is 4. The lowest BCUT2D eigenvalue weighted by Gasteiger charge is -2.16. The molecular weight excluding hydrogens is 271 g/mol. The van der Waals surface area contributed by atoms with Crippen molar-refractivity contribution in [2.75, 3.05) is 0 Å². The molecule has 1 aliphatic heterocycles. The van der Waals surface area contributed by atoms with Crippen LogP contribution >= 0.6 is 0 Å². The van der Waals surface area contributed by atoms with E-state index >= 15 is 0 Å². The molecule has 0 amide bonds. The molecule has 0 unspecified atom stereocenters. The first kappa shape index (κ1) is 13.0. The van der Waals surface area contributed by atoms with Crippen molar-refractivity contribution in [1.82, 2.24) is 24.6 Å². The Kier molecular flexibility index (Phi) is 2.97. The summed E-state index contributed by atoms with van der Waals surface area (Å²) in [5.41, 5.74) is 1.32. The average molecular weight is 283 g/mol. The predicted molar refractivity (Wildman–Crippen MR) is 63.2 cm³/mol. The van der Waals surface area contributed by atoms with Gasteiger partial charge in [-0.2, -0.15) is 18.3 Å². The number of nitrogens with zero attached hydrogens (tertiary/aromatic N) is 5. The first-order valence-electron chi connectivity index (χ1n) is 6.03. The van der Waals surface area contributed by atoms with Crippen LogP contribution in [0, 0.1) is 0 Å². The second kappa shape index (κ2) is 4.55. The van der Waals surface area contributed by atoms with Crippen LogP contribution in [0.25, 0.3) is 0 Å². The molecule has 2 aromatic heterocycles. The smallest absolute Gasteiger partial charge is 0.289 e. The third-order valence-corrected chi connectivity index (χ3v) is 3.33. The fraction of sp³-hybridized carbons (Fsp3) is 0.417. The zero-order valence-corrected chi connectivity index (χ0v) is 10.7. The molecule has 20 heavy (non-hydrogen) atoms. The van der Waals surface area contributed by atoms with E-state index in [1.54, 1.807) is 6.20 Å². The van der Waals surface area contributed by atoms with E-state index in [0.29, 0.717) is 13.1 Å². The molecule has 5 nitrogen and oxygen atoms in total. The van der Waals surface area contributed by atoms with E-state index < -0.39 is 11.9 Å². The maximum absolute atomic E-state index is 13.0. The van der Waals surface area contributed by atoms with Gasteiger partial charge in [-0.3, -0.25) is 9.58 Å². The molecule has 0 aliphatic carbocycles. The molecule has 0 radical (unpaired) electrons. The van der Waals surface area contributed by atoms with Crippen LogP contribution in [0.1, 0.15) is 22.5 Å². The lowest BCUT2D eigenvalue weighted by molar-refractivity contribution is -0.144. The van der Waals surface area contributed by atoms with Gasteiger partial charge in [-0.15, -0.1) is 0 Å². The van der Waals surface area contributed by atoms with E-state index in [1.165, 1.54) is 19.6 Å². The summed E-state index contributed by atoms with van der Waals surface area (Å²) < 4.78 is 39.8. The molecule has 3 rings (SSSR count). The van der Waals surface area contributed by atoms with E-state index in [1.807, 2.05) is 4.90 Å². The monoisotopic (exact) mass is 283 g/mol. The zero-order chi connectivity index (χ0) is 14.3. The maximum atomic E-state index is 13.0. The van der Waals surface area contributed by atoms with Crippen molar-refractivity contribution in [1.29, 1.82) is 0 Å². The summed E-state index contributed by atoms with van der Waals surface area (Å²) in [6.45, 7) is 1.28. The van der Waals surface area contributed by atoms with E-state index in [9.17, 15) is 13.2 Å². The lowest BCUT2D eigenvalue weighted by atomic mass is 10.2. The molecule has 2 aromatic rings. The first-order valence-corrected chi connectivity index (χ1v) is 6.03. The zero-order valence-electron chi connectivity index (χ0n) is 10.7. The van der Waals surface area contributed by atoms with Gasteiger partial charge in [0.1, 0.15) is 12.0 Å². The van der Waals surface area contributed by atoms with Crippen molar-refractivity contribution in [3.8, 4) is 0 Å². The van der Waals surface area contributed by atoms with Crippen LogP contribution in [0.5, 0.6) is 0 Å². The molecule has 0 aromatic carbocycles. The molecule has 0 fully saturated rings. The number of alkyl halides is 3. The highest BCUT2D eigenvalue weighted by Gasteiger charge is 2.37. The van der Waals surface area contributed by atoms with Gasteiger partial charge in [0.05, 0.1) is 11.9 Å². The Morgan fingerprint density at radius 1 is 1.25 bits per heavy atom. The molecule has 8 heteroatoms. The molecule has 0 atom stereocenters. The summed E-state index contributed by atoms with van der Waals surface area (Å²) in [6, 6.07) is 0. The summed E-state index contributed by atoms with van der Waals surface area (Å²) in [6.07, 6.45) is 0.0360. The number of rotatable bonds is 2. The van der Waals surface area contributed by atoms with Gasteiger partial charge in [0, 0.05) is 44.0 Å². The van der Waals surface area contributed by atoms with Crippen molar-refractivity contribution in [3.05, 3.63) is 41.2 Å². The summed E-state index contributed by atoms with van der Waals surface area (Å²) in [4.78, 5) is 9.95. The van der Waals surface area contributed by atoms with Crippen molar-refractivity contribution in [2.45, 2.75) is 25.8 Å². The van der Waals surface area contributed by atoms with Crippen LogP contribution < -0.4 is 0 Å². The SMILES string of the molecule is Cn1ncc(CN2Cc3cncnc3C2)c1C(F)(F)F. The number of aryl methyl sites for hydroxylation is 1. The van der Waals surface area contributed by atoms with Gasteiger partial charge >= 0.3 is 6.18 Å². The third kappa shape index (κ3) is 2.26. The van der Waals surface area contributed by atoms with Crippen LogP contribution in [0.2, 0.25) is 0 Å². The molecule has 0 saturated heterocycles. The topological polar surface area (TPSA) is 46.8 Å². The van der Waals surface area contributed by atoms with Gasteiger partial charge in [-0.25, -0.2) is 9.97 Å². The van der Waals surface area contributed by atoms with Gasteiger partial charge in [0.15, 0.2) is 0 Å². The van der Waals surface area contributed by atoms with Gasteiger partial charge in [0.25, 0.3) is 0 Å². The first-order chi connectivity index (χ1) is 9.45. The average Bonchev–Trinajstić information content (AvgIpc) is 2.91. The van der Waals surface area contributed by atoms with E-state index in [-0.39, 0.29) is 12.1 Å². The van der Waals surface area contributed by atoms with Crippen LogP contribution in [-0.2, 0) is 32.9 Å². The minimum absolute atomic E-state index is 0.181. The van der Waals surface area contributed by atoms with E-state index in [0.717, 1.165) is 15.9 Å². The maximum Gasteiger partial charge on any atom is 0.433 e. The van der Waals surface area contributed by atoms with Crippen LogP contribution in [0.3, 0.4) is 0 Å². The minimum Gasteiger partial charge on any atom is -0.289 e. The van der Waals surface area contributed by atoms with Gasteiger partial charge < -0.3 is 0 Å². The highest BCUT2D eigenvalue weighted by atomic mass is 19.4. The standard InChI is InChI=1S/C12H12F3N5/c1-19-11(12(13,14)15)9(3-18-19)5-20-4-8-2-16-7-17-10(8)6-20/h2-3,7H,4-6H2,1H3. The normalized spacial score (nSPS) is 15.6. The molecule has 0 bridgehead atoms. The number of fused-ring (bicyclic) bond motifs is 1. The van der Waals surface area contributed by atoms with Gasteiger partial charge in [-0.1, -0.05) is 0 Å². The lowest BCUT2D eigenvalue weighted by Crippen LogP contribution is -2.20. The fourth-order valence-electron chi connectivity index (χ4n) is 2.48. The number of hydrogen-bond acceptors (Lipinski definition) is 4. The Balaban J connectivity index is 1.81. The second-order valence-corrected chi connectivity index (χ2v) is 4.78. The van der Waals surface area contributed by atoms with Crippen molar-refractivity contribution in [2.24, 2.45) is 7.05 Å². The summed E-state index contributed by atoms with van der Waals surface area (Å²) in [5.74, 6) is 0. The number of halogens is 3. The fourth-order valence-corrected chi connectivity index (χ4v) is 2.48. The predicted octanol–water partition coefficient (Wildman–Crippen LogP) is 1.74. The number of hydrogen-bond donors (Lipinski definition) is 0. The van der Waals surface area contributed by atoms with E-state index in [4.69, 9.17) is 0 Å². The van der Waals surface area contributed by atoms with Crippen LogP contribution in [0.4, 0.5) is 13.2 Å². The summed E-state index contributed by atoms with van der Waals surface area (Å²) in [7, 11) is 1.30. The van der Waals surface area contributed by atoms with E-state index in [2.05, 4.69) is 15.1 Å². The van der Waals surface area contributed by atoms with Crippen molar-refractivity contribution >= 4 is 0 Å². The minimum atomic E-state index is -4.40. The van der Waals surface area contributed by atoms with Crippen molar-refractivity contribution < 1.29 is 13.2 Å². The van der Waals surface area contributed by atoms with Crippen molar-refractivity contribution in [3.63, 3.8) is 0 Å². The highest BCUT2D eigenvalue weighted by Crippen LogP contribution is 2.33. The Bertz CT molecular complexity index is 609. The van der Waals surface area contributed by atoms with Crippen LogP contribution in [0.15, 0.2) is 18.7 Å². The Labute approximate surface area is 113 Å². The molecule has 1 aliphatic rings. The molecule has 0 saturated carbocycles. The second-order valence-electron chi connectivity index (χ2n) is 4.78. The Morgan fingerprint density at radius 2 is 2.05 bits per heavy atom. The summed E-state index contributed by atoms with van der Waals surface area (Å²) in [5, 5.41) is 3.72. The molecule has 106 valence electrons. The third-order valence-electron chi connectivity index (χ3n) is 3.33.